The van der Waals surface area contributed by atoms with Gasteiger partial charge in [0.05, 0.1) is 5.56 Å². The molecule has 18 heavy (non-hydrogen) atoms. The van der Waals surface area contributed by atoms with E-state index < -0.39 is 5.82 Å². The van der Waals surface area contributed by atoms with Crippen LogP contribution in [0.2, 0.25) is 0 Å². The molecule has 0 aromatic heterocycles. The second kappa shape index (κ2) is 5.60. The molecule has 0 heterocycles. The summed E-state index contributed by atoms with van der Waals surface area (Å²) in [6.45, 7) is 0.597. The number of halogens is 1. The molecule has 0 aliphatic rings. The highest BCUT2D eigenvalue weighted by atomic mass is 32.1. The Bertz CT molecular complexity index is 555. The van der Waals surface area contributed by atoms with Crippen molar-refractivity contribution in [2.45, 2.75) is 6.54 Å². The number of benzene rings is 2. The summed E-state index contributed by atoms with van der Waals surface area (Å²) in [5.74, 6) is -0.402. The number of hydrogen-bond acceptors (Lipinski definition) is 2. The van der Waals surface area contributed by atoms with Crippen molar-refractivity contribution >= 4 is 22.9 Å². The van der Waals surface area contributed by atoms with Crippen molar-refractivity contribution in [1.29, 1.82) is 0 Å². The molecule has 0 saturated heterocycles. The molecule has 2 nitrogen and oxygen atoms in total. The van der Waals surface area contributed by atoms with Gasteiger partial charge in [-0.25, -0.2) is 4.39 Å². The lowest BCUT2D eigenvalue weighted by Crippen LogP contribution is -2.15. The molecule has 0 aliphatic carbocycles. The number of anilines is 1. The van der Waals surface area contributed by atoms with Crippen LogP contribution in [-0.2, 0) is 6.54 Å². The molecule has 2 rings (SSSR count). The van der Waals surface area contributed by atoms with E-state index >= 15 is 0 Å². The summed E-state index contributed by atoms with van der Waals surface area (Å²) in [7, 11) is 0. The van der Waals surface area contributed by atoms with E-state index in [1.807, 2.05) is 30.3 Å². The van der Waals surface area contributed by atoms with Gasteiger partial charge in [-0.15, -0.1) is 0 Å². The molecular weight excluding hydrogens is 247 g/mol. The molecule has 4 heteroatoms. The SMILES string of the molecule is NC(=S)c1c(F)cccc1NCc1ccccc1. The maximum absolute atomic E-state index is 13.6. The van der Waals surface area contributed by atoms with Crippen LogP contribution < -0.4 is 11.1 Å². The smallest absolute Gasteiger partial charge is 0.135 e. The van der Waals surface area contributed by atoms with Gasteiger partial charge < -0.3 is 11.1 Å². The highest BCUT2D eigenvalue weighted by molar-refractivity contribution is 7.80. The summed E-state index contributed by atoms with van der Waals surface area (Å²) >= 11 is 4.87. The highest BCUT2D eigenvalue weighted by Gasteiger charge is 2.10. The number of hydrogen-bond donors (Lipinski definition) is 2. The van der Waals surface area contributed by atoms with Gasteiger partial charge in [0.15, 0.2) is 0 Å². The number of nitrogens with one attached hydrogen (secondary N) is 1. The van der Waals surface area contributed by atoms with Crippen molar-refractivity contribution in [2.75, 3.05) is 5.32 Å². The zero-order valence-corrected chi connectivity index (χ0v) is 10.5. The van der Waals surface area contributed by atoms with Gasteiger partial charge in [0.1, 0.15) is 10.8 Å². The van der Waals surface area contributed by atoms with Crippen molar-refractivity contribution in [1.82, 2.24) is 0 Å². The lowest BCUT2D eigenvalue weighted by molar-refractivity contribution is 0.626. The molecule has 0 amide bonds. The molecule has 2 aromatic carbocycles. The van der Waals surface area contributed by atoms with Crippen LogP contribution in [0.3, 0.4) is 0 Å². The Morgan fingerprint density at radius 1 is 1.11 bits per heavy atom. The van der Waals surface area contributed by atoms with Crippen molar-refractivity contribution in [3.8, 4) is 0 Å². The van der Waals surface area contributed by atoms with Crippen molar-refractivity contribution < 1.29 is 4.39 Å². The molecule has 0 fully saturated rings. The summed E-state index contributed by atoms with van der Waals surface area (Å²) in [5, 5.41) is 3.14. The Balaban J connectivity index is 2.20. The first kappa shape index (κ1) is 12.5. The van der Waals surface area contributed by atoms with E-state index in [0.29, 0.717) is 12.2 Å². The van der Waals surface area contributed by atoms with Crippen LogP contribution in [0.1, 0.15) is 11.1 Å². The van der Waals surface area contributed by atoms with Gasteiger partial charge in [-0.1, -0.05) is 48.6 Å². The van der Waals surface area contributed by atoms with Crippen LogP contribution in [0, 0.1) is 5.82 Å². The van der Waals surface area contributed by atoms with Gasteiger partial charge in [-0.05, 0) is 17.7 Å². The molecule has 0 bridgehead atoms. The standard InChI is InChI=1S/C14H13FN2S/c15-11-7-4-8-12(13(11)14(16)18)17-9-10-5-2-1-3-6-10/h1-8,17H,9H2,(H2,16,18). The number of rotatable bonds is 4. The first-order valence-electron chi connectivity index (χ1n) is 5.54. The molecule has 0 radical (unpaired) electrons. The van der Waals surface area contributed by atoms with Crippen molar-refractivity contribution in [2.24, 2.45) is 5.73 Å². The van der Waals surface area contributed by atoms with E-state index in [9.17, 15) is 4.39 Å². The average Bonchev–Trinajstić information content (AvgIpc) is 2.37. The van der Waals surface area contributed by atoms with Crippen LogP contribution in [-0.4, -0.2) is 4.99 Å². The second-order valence-electron chi connectivity index (χ2n) is 3.87. The minimum atomic E-state index is -0.402. The predicted molar refractivity (Wildman–Crippen MR) is 76.1 cm³/mol. The zero-order chi connectivity index (χ0) is 13.0. The highest BCUT2D eigenvalue weighted by Crippen LogP contribution is 2.19. The topological polar surface area (TPSA) is 38.0 Å². The number of thiocarbonyl (C=S) groups is 1. The Morgan fingerprint density at radius 2 is 1.83 bits per heavy atom. The summed E-state index contributed by atoms with van der Waals surface area (Å²) in [6, 6.07) is 14.6. The minimum Gasteiger partial charge on any atom is -0.389 e. The third-order valence-corrected chi connectivity index (χ3v) is 2.79. The maximum atomic E-state index is 13.6. The normalized spacial score (nSPS) is 10.1. The maximum Gasteiger partial charge on any atom is 0.135 e. The quantitative estimate of drug-likeness (QED) is 0.830. The van der Waals surface area contributed by atoms with Gasteiger partial charge in [-0.3, -0.25) is 0 Å². The second-order valence-corrected chi connectivity index (χ2v) is 4.31. The Labute approximate surface area is 111 Å². The molecule has 2 aromatic rings. The molecule has 0 spiro atoms. The fourth-order valence-electron chi connectivity index (χ4n) is 1.72. The van der Waals surface area contributed by atoms with Gasteiger partial charge in [-0.2, -0.15) is 0 Å². The van der Waals surface area contributed by atoms with E-state index in [1.54, 1.807) is 12.1 Å². The van der Waals surface area contributed by atoms with Crippen LogP contribution in [0.15, 0.2) is 48.5 Å². The Morgan fingerprint density at radius 3 is 2.50 bits per heavy atom. The fraction of sp³-hybridized carbons (Fsp3) is 0.0714. The van der Waals surface area contributed by atoms with Gasteiger partial charge >= 0.3 is 0 Å². The Kier molecular flexibility index (Phi) is 3.89. The van der Waals surface area contributed by atoms with Crippen LogP contribution in [0.25, 0.3) is 0 Å². The zero-order valence-electron chi connectivity index (χ0n) is 9.69. The van der Waals surface area contributed by atoms with E-state index in [1.165, 1.54) is 6.07 Å². The molecule has 0 atom stereocenters. The summed E-state index contributed by atoms with van der Waals surface area (Å²) in [4.78, 5) is 0.0589. The molecular formula is C14H13FN2S. The largest absolute Gasteiger partial charge is 0.389 e. The predicted octanol–water partition coefficient (Wildman–Crippen LogP) is 3.07. The molecule has 3 N–H and O–H groups in total. The first-order valence-corrected chi connectivity index (χ1v) is 5.95. The minimum absolute atomic E-state index is 0.0589. The van der Waals surface area contributed by atoms with Crippen LogP contribution >= 0.6 is 12.2 Å². The number of nitrogens with two attached hydrogens (primary N) is 1. The third-order valence-electron chi connectivity index (χ3n) is 2.59. The van der Waals surface area contributed by atoms with Crippen molar-refractivity contribution in [3.63, 3.8) is 0 Å². The molecule has 0 unspecified atom stereocenters. The fourth-order valence-corrected chi connectivity index (χ4v) is 1.92. The molecule has 0 aliphatic heterocycles. The van der Waals surface area contributed by atoms with Gasteiger partial charge in [0.25, 0.3) is 0 Å². The van der Waals surface area contributed by atoms with Crippen LogP contribution in [0.4, 0.5) is 10.1 Å². The average molecular weight is 260 g/mol. The third kappa shape index (κ3) is 2.84. The monoisotopic (exact) mass is 260 g/mol. The lowest BCUT2D eigenvalue weighted by Gasteiger charge is -2.11. The molecule has 0 saturated carbocycles. The van der Waals surface area contributed by atoms with E-state index in [-0.39, 0.29) is 10.6 Å². The van der Waals surface area contributed by atoms with E-state index in [0.717, 1.165) is 5.56 Å². The summed E-state index contributed by atoms with van der Waals surface area (Å²) < 4.78 is 13.6. The van der Waals surface area contributed by atoms with E-state index in [4.69, 9.17) is 18.0 Å². The van der Waals surface area contributed by atoms with E-state index in [2.05, 4.69) is 5.32 Å². The van der Waals surface area contributed by atoms with Gasteiger partial charge in [0.2, 0.25) is 0 Å². The first-order chi connectivity index (χ1) is 8.68. The summed E-state index contributed by atoms with van der Waals surface area (Å²) in [6.07, 6.45) is 0. The Hall–Kier alpha value is -1.94. The summed E-state index contributed by atoms with van der Waals surface area (Å²) in [5.41, 5.74) is 7.53. The van der Waals surface area contributed by atoms with Crippen LogP contribution in [0.5, 0.6) is 0 Å². The molecule has 92 valence electrons. The lowest BCUT2D eigenvalue weighted by atomic mass is 10.1. The van der Waals surface area contributed by atoms with Crippen molar-refractivity contribution in [3.05, 3.63) is 65.5 Å². The van der Waals surface area contributed by atoms with Gasteiger partial charge in [0, 0.05) is 12.2 Å².